The smallest absolute Gasteiger partial charge is 0.436 e. The van der Waals surface area contributed by atoms with Crippen LogP contribution in [0.25, 0.3) is 0 Å². The monoisotopic (exact) mass is 650 g/mol. The van der Waals surface area contributed by atoms with E-state index in [1.807, 2.05) is 0 Å². The minimum Gasteiger partial charge on any atom is -0.477 e. The molecule has 2 aliphatic heterocycles. The van der Waals surface area contributed by atoms with Gasteiger partial charge in [0, 0.05) is 25.6 Å². The van der Waals surface area contributed by atoms with E-state index in [2.05, 4.69) is 15.6 Å². The fourth-order valence-corrected chi connectivity index (χ4v) is 8.75. The second-order valence-corrected chi connectivity index (χ2v) is 13.4. The molecule has 0 bridgehead atoms. The number of nitrogen functional groups attached to an aromatic ring is 2. The van der Waals surface area contributed by atoms with Crippen molar-refractivity contribution < 1.29 is 28.7 Å². The minimum absolute atomic E-state index is 0.0215. The van der Waals surface area contributed by atoms with Gasteiger partial charge in [0.15, 0.2) is 0 Å². The van der Waals surface area contributed by atoms with Crippen LogP contribution in [0, 0.1) is 0 Å². The molecule has 18 heteroatoms. The highest BCUT2D eigenvalue weighted by molar-refractivity contribution is 8.18. The van der Waals surface area contributed by atoms with Gasteiger partial charge >= 0.3 is 23.0 Å². The molecule has 2 unspecified atom stereocenters. The summed E-state index contributed by atoms with van der Waals surface area (Å²) in [5, 5.41) is 16.8. The van der Waals surface area contributed by atoms with Crippen molar-refractivity contribution in [2.75, 3.05) is 40.5 Å². The van der Waals surface area contributed by atoms with Crippen molar-refractivity contribution in [1.82, 2.24) is 15.2 Å². The number of hydrogen-bond donors (Lipinski definition) is 5. The number of carbonyl (C=O) groups is 3. The van der Waals surface area contributed by atoms with Crippen molar-refractivity contribution in [3.63, 3.8) is 0 Å². The van der Waals surface area contributed by atoms with Crippen LogP contribution in [-0.2, 0) is 21.4 Å². The van der Waals surface area contributed by atoms with Crippen LogP contribution >= 0.6 is 70.2 Å². The van der Waals surface area contributed by atoms with Crippen LogP contribution in [0.3, 0.4) is 0 Å². The van der Waals surface area contributed by atoms with E-state index in [9.17, 15) is 19.5 Å². The Labute approximate surface area is 250 Å². The maximum Gasteiger partial charge on any atom is 0.436 e. The Morgan fingerprint density at radius 3 is 2.74 bits per heavy atom. The molecule has 2 aliphatic rings. The summed E-state index contributed by atoms with van der Waals surface area (Å²) in [5.41, 5.74) is 5.87. The lowest BCUT2D eigenvalue weighted by Gasteiger charge is -2.49. The third kappa shape index (κ3) is 6.25. The molecule has 1 aromatic carbocycles. The number of anilines is 2. The van der Waals surface area contributed by atoms with E-state index in [0.29, 0.717) is 41.8 Å². The molecule has 39 heavy (non-hydrogen) atoms. The Bertz CT molecular complexity index is 1380. The number of nitrogens with two attached hydrogens (primary N) is 2. The molecule has 1 fully saturated rings. The quantitative estimate of drug-likeness (QED) is 0.0817. The lowest BCUT2D eigenvalue weighted by Crippen LogP contribution is -2.70. The predicted octanol–water partition coefficient (Wildman–Crippen LogP) is 1.11. The maximum atomic E-state index is 12.9. The predicted molar refractivity (Wildman–Crippen MR) is 155 cm³/mol. The van der Waals surface area contributed by atoms with E-state index in [0.717, 1.165) is 0 Å². The zero-order valence-corrected chi connectivity index (χ0v) is 25.3. The number of amides is 2. The summed E-state index contributed by atoms with van der Waals surface area (Å²) in [6.45, 7) is 0. The molecule has 4 rings (SSSR count). The number of fused-ring (bicyclic) bond motifs is 1. The van der Waals surface area contributed by atoms with E-state index >= 15 is 0 Å². The summed E-state index contributed by atoms with van der Waals surface area (Å²) in [7, 11) is 3.42. The highest BCUT2D eigenvalue weighted by Gasteiger charge is 2.54. The number of aromatic nitrogens is 3. The van der Waals surface area contributed by atoms with E-state index in [1.165, 1.54) is 56.6 Å². The number of hydrogen-bond acceptors (Lipinski definition) is 11. The number of carboxylic acid groups (broad SMARTS) is 1. The summed E-state index contributed by atoms with van der Waals surface area (Å²) in [6.07, 6.45) is 0. The van der Waals surface area contributed by atoms with Crippen molar-refractivity contribution in [2.45, 2.75) is 21.5 Å². The van der Waals surface area contributed by atoms with Crippen molar-refractivity contribution >= 4 is 99.9 Å². The summed E-state index contributed by atoms with van der Waals surface area (Å²) in [6, 6.07) is 4.13. The molecule has 0 radical (unpaired) electrons. The van der Waals surface area contributed by atoms with Crippen LogP contribution < -0.4 is 31.5 Å². The third-order valence-corrected chi connectivity index (χ3v) is 11.0. The Morgan fingerprint density at radius 2 is 2.05 bits per heavy atom. The van der Waals surface area contributed by atoms with Crippen molar-refractivity contribution in [1.29, 1.82) is 0 Å². The van der Waals surface area contributed by atoms with Crippen LogP contribution in [0.5, 0.6) is 0 Å². The van der Waals surface area contributed by atoms with Crippen LogP contribution in [0.2, 0.25) is 10.0 Å². The van der Waals surface area contributed by atoms with Gasteiger partial charge in [-0.25, -0.2) is 4.79 Å². The first-order chi connectivity index (χ1) is 18.5. The number of carboxylic acids is 1. The summed E-state index contributed by atoms with van der Waals surface area (Å²) >= 11 is 17.3. The van der Waals surface area contributed by atoms with Gasteiger partial charge in [0.25, 0.3) is 5.91 Å². The number of rotatable bonds is 10. The molecule has 3 heterocycles. The molecule has 2 atom stereocenters. The largest absolute Gasteiger partial charge is 0.477 e. The molecule has 12 nitrogen and oxygen atoms in total. The van der Waals surface area contributed by atoms with Gasteiger partial charge in [-0.1, -0.05) is 27.9 Å². The minimum atomic E-state index is -1.21. The fraction of sp³-hybridized carbons (Fsp3) is 0.333. The lowest BCUT2D eigenvalue weighted by atomic mass is 10.1. The number of thioether (sulfide) groups is 4. The number of nitrogens with zero attached hydrogens (tertiary/aromatic N) is 4. The highest BCUT2D eigenvalue weighted by atomic mass is 35.5. The van der Waals surface area contributed by atoms with Crippen LogP contribution in [0.1, 0.15) is 0 Å². The Hall–Kier alpha value is -2.24. The fourth-order valence-electron chi connectivity index (χ4n) is 3.78. The van der Waals surface area contributed by atoms with Gasteiger partial charge in [-0.3, -0.25) is 31.4 Å². The second kappa shape index (κ2) is 12.5. The van der Waals surface area contributed by atoms with Crippen LogP contribution in [-0.4, -0.2) is 67.8 Å². The van der Waals surface area contributed by atoms with E-state index in [1.54, 1.807) is 36.9 Å². The van der Waals surface area contributed by atoms with Gasteiger partial charge in [-0.15, -0.1) is 35.3 Å². The van der Waals surface area contributed by atoms with Gasteiger partial charge in [0.05, 0.1) is 30.0 Å². The van der Waals surface area contributed by atoms with Crippen molar-refractivity contribution in [3.8, 4) is 0 Å². The van der Waals surface area contributed by atoms with E-state index < -0.39 is 23.3 Å². The van der Waals surface area contributed by atoms with Gasteiger partial charge in [-0.05, 0) is 30.0 Å². The van der Waals surface area contributed by atoms with Gasteiger partial charge in [0.1, 0.15) is 17.1 Å². The van der Waals surface area contributed by atoms with E-state index in [4.69, 9.17) is 34.8 Å². The standard InChI is InChI=1S/C21H22Cl2N8O4S4/c1-26-20-29(2)19(24)28-21(31(20)25)39-8-38-12-6-37-17-14(16(33)30(17)15(12)18(34)35)27-13(32)7-36-11-5-9(22)3-4-10(11)23/h3-5,14,17,24H,6-8,25H2,1-2H3,(H2,27,32,34,35)/p+2. The average Bonchev–Trinajstić information content (AvgIpc) is 2.90. The third-order valence-electron chi connectivity index (χ3n) is 5.66. The first-order valence-corrected chi connectivity index (χ1v) is 15.9. The summed E-state index contributed by atoms with van der Waals surface area (Å²) < 4.78 is 2.94. The first-order valence-electron chi connectivity index (χ1n) is 11.1. The molecule has 1 aromatic heterocycles. The van der Waals surface area contributed by atoms with Gasteiger partial charge in [0.2, 0.25) is 5.91 Å². The number of carbonyl (C=O) groups excluding carboxylic acids is 2. The Morgan fingerprint density at radius 1 is 1.31 bits per heavy atom. The normalized spacial score (nSPS) is 18.5. The molecule has 2 amide bonds. The van der Waals surface area contributed by atoms with Gasteiger partial charge in [-0.2, -0.15) is 4.57 Å². The van der Waals surface area contributed by atoms with E-state index in [-0.39, 0.29) is 23.3 Å². The molecule has 7 N–H and O–H groups in total. The average molecular weight is 652 g/mol. The molecule has 208 valence electrons. The van der Waals surface area contributed by atoms with Crippen LogP contribution in [0.4, 0.5) is 11.9 Å². The van der Waals surface area contributed by atoms with Crippen LogP contribution in [0.15, 0.2) is 38.9 Å². The zero-order valence-electron chi connectivity index (χ0n) is 20.5. The molecule has 0 spiro atoms. The van der Waals surface area contributed by atoms with Crippen molar-refractivity contribution in [3.05, 3.63) is 38.8 Å². The number of β-lactam (4-membered cyclic amide) rings is 1. The highest BCUT2D eigenvalue weighted by Crippen LogP contribution is 2.44. The number of nitrogens with one attached hydrogen (secondary N) is 2. The molecular formula is C21H24Cl2N8O4S4+2. The lowest BCUT2D eigenvalue weighted by molar-refractivity contribution is -0.782. The molecule has 0 aliphatic carbocycles. The number of aliphatic carboxylic acids is 1. The number of benzene rings is 1. The molecule has 1 saturated heterocycles. The topological polar surface area (TPSA) is 171 Å². The van der Waals surface area contributed by atoms with Crippen molar-refractivity contribution in [2.24, 2.45) is 7.05 Å². The molecule has 2 aromatic rings. The number of halogens is 2. The van der Waals surface area contributed by atoms with Gasteiger partial charge < -0.3 is 10.4 Å². The second-order valence-electron chi connectivity index (χ2n) is 8.06. The molecular weight excluding hydrogens is 627 g/mol. The maximum absolute atomic E-state index is 12.9. The Balaban J connectivity index is 1.38. The molecule has 0 saturated carbocycles. The summed E-state index contributed by atoms with van der Waals surface area (Å²) in [4.78, 5) is 44.3. The first kappa shape index (κ1) is 29.7. The Kier molecular flexibility index (Phi) is 9.54. The SMILES string of the molecule is CNc1[n+](C)c(N)nc(SCSC2=C(C(=O)O)N3C(=O)C(NC(=O)CSc4cc(Cl)ccc4Cl)C3SC2)[n+]1N. The summed E-state index contributed by atoms with van der Waals surface area (Å²) in [5.74, 6) is 5.24. The zero-order chi connectivity index (χ0) is 28.4.